The fourth-order valence-corrected chi connectivity index (χ4v) is 1.85. The standard InChI is InChI=1S/C11H12O4/c1-14-9-4-6-3-8(11(12)13)7(6)5-10(9)15-2/h4-5,8H,3H2,1-2H3,(H,12,13)/p-1/t8-/m1/s1. The molecule has 2 rings (SSSR count). The first-order valence-electron chi connectivity index (χ1n) is 4.63. The first-order chi connectivity index (χ1) is 7.17. The molecule has 80 valence electrons. The average Bonchev–Trinajstić information content (AvgIpc) is 2.19. The summed E-state index contributed by atoms with van der Waals surface area (Å²) in [6.07, 6.45) is 0.512. The summed E-state index contributed by atoms with van der Waals surface area (Å²) in [6.45, 7) is 0. The minimum Gasteiger partial charge on any atom is -0.549 e. The van der Waals surface area contributed by atoms with Gasteiger partial charge in [-0.15, -0.1) is 0 Å². The van der Waals surface area contributed by atoms with Crippen LogP contribution in [-0.2, 0) is 11.2 Å². The Labute approximate surface area is 87.4 Å². The summed E-state index contributed by atoms with van der Waals surface area (Å²) < 4.78 is 10.2. The van der Waals surface area contributed by atoms with Gasteiger partial charge in [-0.05, 0) is 29.7 Å². The number of hydrogen-bond acceptors (Lipinski definition) is 4. The Kier molecular flexibility index (Phi) is 2.26. The number of carboxylic acid groups (broad SMARTS) is 1. The molecule has 1 aromatic carbocycles. The second-order valence-corrected chi connectivity index (χ2v) is 3.48. The van der Waals surface area contributed by atoms with Crippen LogP contribution in [0.25, 0.3) is 0 Å². The molecule has 1 atom stereocenters. The van der Waals surface area contributed by atoms with E-state index in [2.05, 4.69) is 0 Å². The number of ether oxygens (including phenoxy) is 2. The van der Waals surface area contributed by atoms with Crippen molar-refractivity contribution in [3.05, 3.63) is 23.3 Å². The molecule has 0 N–H and O–H groups in total. The number of aliphatic carboxylic acids is 1. The molecule has 4 nitrogen and oxygen atoms in total. The maximum atomic E-state index is 10.7. The number of methoxy groups -OCH3 is 2. The monoisotopic (exact) mass is 207 g/mol. The minimum absolute atomic E-state index is 0.500. The highest BCUT2D eigenvalue weighted by Gasteiger charge is 2.29. The molecule has 4 heteroatoms. The van der Waals surface area contributed by atoms with Crippen LogP contribution < -0.4 is 14.6 Å². The third-order valence-corrected chi connectivity index (χ3v) is 2.73. The van der Waals surface area contributed by atoms with Crippen LogP contribution in [0, 0.1) is 0 Å². The van der Waals surface area contributed by atoms with Crippen LogP contribution in [0.5, 0.6) is 11.5 Å². The second kappa shape index (κ2) is 3.46. The Morgan fingerprint density at radius 1 is 1.33 bits per heavy atom. The van der Waals surface area contributed by atoms with Crippen LogP contribution in [0.15, 0.2) is 12.1 Å². The molecule has 0 amide bonds. The summed E-state index contributed by atoms with van der Waals surface area (Å²) in [5.74, 6) is -0.343. The number of benzene rings is 1. The lowest BCUT2D eigenvalue weighted by Crippen LogP contribution is -2.36. The SMILES string of the molecule is COc1cc2c(cc1OC)[C@H](C(=O)[O-])C2. The van der Waals surface area contributed by atoms with E-state index < -0.39 is 11.9 Å². The molecule has 0 saturated heterocycles. The number of carbonyl (C=O) groups excluding carboxylic acids is 1. The number of fused-ring (bicyclic) bond motifs is 1. The van der Waals surface area contributed by atoms with E-state index in [0.717, 1.165) is 11.1 Å². The van der Waals surface area contributed by atoms with E-state index in [1.165, 1.54) is 7.11 Å². The molecule has 0 spiro atoms. The summed E-state index contributed by atoms with van der Waals surface area (Å²) in [7, 11) is 3.08. The lowest BCUT2D eigenvalue weighted by molar-refractivity contribution is -0.308. The Hall–Kier alpha value is -1.71. The van der Waals surface area contributed by atoms with Crippen molar-refractivity contribution in [3.63, 3.8) is 0 Å². The normalized spacial score (nSPS) is 17.6. The van der Waals surface area contributed by atoms with Crippen LogP contribution in [0.2, 0.25) is 0 Å². The highest BCUT2D eigenvalue weighted by Crippen LogP contribution is 2.41. The maximum absolute atomic E-state index is 10.7. The van der Waals surface area contributed by atoms with Gasteiger partial charge < -0.3 is 19.4 Å². The number of carboxylic acids is 1. The van der Waals surface area contributed by atoms with E-state index in [-0.39, 0.29) is 0 Å². The molecule has 1 aliphatic carbocycles. The van der Waals surface area contributed by atoms with E-state index >= 15 is 0 Å². The first-order valence-corrected chi connectivity index (χ1v) is 4.63. The van der Waals surface area contributed by atoms with Gasteiger partial charge in [-0.3, -0.25) is 0 Å². The van der Waals surface area contributed by atoms with Gasteiger partial charge in [0, 0.05) is 11.9 Å². The van der Waals surface area contributed by atoms with Crippen LogP contribution >= 0.6 is 0 Å². The predicted octanol–water partition coefficient (Wildman–Crippen LogP) is 0.0934. The zero-order valence-corrected chi connectivity index (χ0v) is 8.57. The lowest BCUT2D eigenvalue weighted by Gasteiger charge is -2.31. The van der Waals surface area contributed by atoms with Gasteiger partial charge in [0.1, 0.15) is 0 Å². The van der Waals surface area contributed by atoms with Gasteiger partial charge in [0.2, 0.25) is 0 Å². The molecule has 0 aliphatic heterocycles. The van der Waals surface area contributed by atoms with Crippen LogP contribution in [0.1, 0.15) is 17.0 Å². The largest absolute Gasteiger partial charge is 0.549 e. The smallest absolute Gasteiger partial charge is 0.161 e. The third-order valence-electron chi connectivity index (χ3n) is 2.73. The van der Waals surface area contributed by atoms with Crippen molar-refractivity contribution in [3.8, 4) is 11.5 Å². The molecule has 0 saturated carbocycles. The van der Waals surface area contributed by atoms with Crippen molar-refractivity contribution in [2.24, 2.45) is 0 Å². The summed E-state index contributed by atoms with van der Waals surface area (Å²) in [6, 6.07) is 3.52. The fraction of sp³-hybridized carbons (Fsp3) is 0.364. The van der Waals surface area contributed by atoms with Crippen LogP contribution in [-0.4, -0.2) is 20.2 Å². The first kappa shape index (κ1) is 9.83. The summed E-state index contributed by atoms with van der Waals surface area (Å²) in [5, 5.41) is 10.7. The highest BCUT2D eigenvalue weighted by atomic mass is 16.5. The molecule has 15 heavy (non-hydrogen) atoms. The molecule has 1 aliphatic rings. The van der Waals surface area contributed by atoms with Gasteiger partial charge in [-0.2, -0.15) is 0 Å². The zero-order valence-electron chi connectivity index (χ0n) is 8.57. The van der Waals surface area contributed by atoms with Crippen molar-refractivity contribution >= 4 is 5.97 Å². The Bertz CT molecular complexity index is 411. The van der Waals surface area contributed by atoms with Crippen LogP contribution in [0.4, 0.5) is 0 Å². The molecule has 0 fully saturated rings. The molecule has 0 aromatic heterocycles. The third kappa shape index (κ3) is 1.42. The summed E-state index contributed by atoms with van der Waals surface area (Å²) in [5.41, 5.74) is 1.76. The lowest BCUT2D eigenvalue weighted by atomic mass is 9.77. The number of carbonyl (C=O) groups is 1. The summed E-state index contributed by atoms with van der Waals surface area (Å²) in [4.78, 5) is 10.7. The van der Waals surface area contributed by atoms with Gasteiger partial charge in [-0.25, -0.2) is 0 Å². The van der Waals surface area contributed by atoms with Crippen molar-refractivity contribution in [1.29, 1.82) is 0 Å². The van der Waals surface area contributed by atoms with E-state index in [1.54, 1.807) is 13.2 Å². The fourth-order valence-electron chi connectivity index (χ4n) is 1.85. The topological polar surface area (TPSA) is 58.6 Å². The quantitative estimate of drug-likeness (QED) is 0.705. The Balaban J connectivity index is 2.41. The van der Waals surface area contributed by atoms with Crippen molar-refractivity contribution in [2.45, 2.75) is 12.3 Å². The molecule has 1 aromatic rings. The molecule has 0 radical (unpaired) electrons. The highest BCUT2D eigenvalue weighted by molar-refractivity contribution is 5.79. The van der Waals surface area contributed by atoms with Gasteiger partial charge in [0.15, 0.2) is 11.5 Å². The average molecular weight is 207 g/mol. The second-order valence-electron chi connectivity index (χ2n) is 3.48. The van der Waals surface area contributed by atoms with E-state index in [4.69, 9.17) is 9.47 Å². The molecular formula is C11H11O4-. The minimum atomic E-state index is -1.03. The number of rotatable bonds is 3. The van der Waals surface area contributed by atoms with Crippen molar-refractivity contribution in [1.82, 2.24) is 0 Å². The van der Waals surface area contributed by atoms with Crippen molar-refractivity contribution in [2.75, 3.05) is 14.2 Å². The molecule has 0 bridgehead atoms. The van der Waals surface area contributed by atoms with E-state index in [1.807, 2.05) is 6.07 Å². The zero-order chi connectivity index (χ0) is 11.0. The number of hydrogen-bond donors (Lipinski definition) is 0. The predicted molar refractivity (Wildman–Crippen MR) is 51.0 cm³/mol. The maximum Gasteiger partial charge on any atom is 0.161 e. The van der Waals surface area contributed by atoms with Gasteiger partial charge >= 0.3 is 0 Å². The Morgan fingerprint density at radius 2 is 1.93 bits per heavy atom. The molecule has 0 heterocycles. The molecular weight excluding hydrogens is 196 g/mol. The Morgan fingerprint density at radius 3 is 2.47 bits per heavy atom. The molecule has 0 unspecified atom stereocenters. The van der Waals surface area contributed by atoms with E-state index in [9.17, 15) is 9.90 Å². The van der Waals surface area contributed by atoms with Gasteiger partial charge in [-0.1, -0.05) is 0 Å². The van der Waals surface area contributed by atoms with E-state index in [0.29, 0.717) is 17.9 Å². The van der Waals surface area contributed by atoms with Gasteiger partial charge in [0.25, 0.3) is 0 Å². The summed E-state index contributed by atoms with van der Waals surface area (Å²) >= 11 is 0. The van der Waals surface area contributed by atoms with Gasteiger partial charge in [0.05, 0.1) is 14.2 Å². The van der Waals surface area contributed by atoms with Crippen LogP contribution in [0.3, 0.4) is 0 Å². The van der Waals surface area contributed by atoms with Crippen molar-refractivity contribution < 1.29 is 19.4 Å².